The summed E-state index contributed by atoms with van der Waals surface area (Å²) in [5.41, 5.74) is 9.35. The average Bonchev–Trinajstić information content (AvgIpc) is 3.65. The number of hydrogen-bond acceptors (Lipinski definition) is 6. The van der Waals surface area contributed by atoms with Crippen molar-refractivity contribution < 1.29 is 9.18 Å². The summed E-state index contributed by atoms with van der Waals surface area (Å²) in [4.78, 5) is 21.5. The number of nitrogens with one attached hydrogen (secondary N) is 1. The monoisotopic (exact) mass is 429 g/mol. The smallest absolute Gasteiger partial charge is 0.176 e. The molecule has 0 spiro atoms. The minimum Gasteiger partial charge on any atom is -0.381 e. The molecule has 0 radical (unpaired) electrons. The van der Waals surface area contributed by atoms with Crippen LogP contribution in [0.5, 0.6) is 0 Å². The highest BCUT2D eigenvalue weighted by Gasteiger charge is 2.33. The van der Waals surface area contributed by atoms with Gasteiger partial charge in [0.1, 0.15) is 6.07 Å². The molecule has 1 aromatic carbocycles. The summed E-state index contributed by atoms with van der Waals surface area (Å²) in [5.74, 6) is -0.446. The van der Waals surface area contributed by atoms with Gasteiger partial charge in [-0.3, -0.25) is 9.78 Å². The molecule has 2 saturated carbocycles. The Morgan fingerprint density at radius 1 is 1.06 bits per heavy atom. The molecule has 7 heteroatoms. The quantitative estimate of drug-likeness (QED) is 0.575. The van der Waals surface area contributed by atoms with E-state index in [0.717, 1.165) is 60.7 Å². The molecule has 2 fully saturated rings. The molecular formula is C25H24FN5O. The summed E-state index contributed by atoms with van der Waals surface area (Å²) < 4.78 is 14.2. The first-order valence-corrected chi connectivity index (χ1v) is 11.1. The van der Waals surface area contributed by atoms with Crippen LogP contribution in [0.2, 0.25) is 0 Å². The Labute approximate surface area is 185 Å². The van der Waals surface area contributed by atoms with E-state index in [1.54, 1.807) is 12.3 Å². The number of benzene rings is 1. The zero-order chi connectivity index (χ0) is 22.2. The summed E-state index contributed by atoms with van der Waals surface area (Å²) in [6.07, 6.45) is 8.82. The Hall–Kier alpha value is -3.37. The first kappa shape index (κ1) is 20.5. The van der Waals surface area contributed by atoms with Gasteiger partial charge < -0.3 is 11.1 Å². The van der Waals surface area contributed by atoms with Crippen molar-refractivity contribution in [1.29, 1.82) is 5.26 Å². The van der Waals surface area contributed by atoms with E-state index in [4.69, 9.17) is 11.0 Å². The molecule has 0 aliphatic heterocycles. The van der Waals surface area contributed by atoms with E-state index in [1.165, 1.54) is 12.3 Å². The number of ketones is 1. The van der Waals surface area contributed by atoms with Crippen LogP contribution in [0.3, 0.4) is 0 Å². The van der Waals surface area contributed by atoms with E-state index in [-0.39, 0.29) is 29.5 Å². The number of halogens is 1. The highest BCUT2D eigenvalue weighted by Crippen LogP contribution is 2.38. The summed E-state index contributed by atoms with van der Waals surface area (Å²) in [7, 11) is 0. The van der Waals surface area contributed by atoms with Crippen LogP contribution in [0, 0.1) is 23.1 Å². The Kier molecular flexibility index (Phi) is 5.32. The second kappa shape index (κ2) is 8.29. The van der Waals surface area contributed by atoms with Crippen LogP contribution >= 0.6 is 0 Å². The minimum atomic E-state index is -0.655. The van der Waals surface area contributed by atoms with E-state index in [2.05, 4.69) is 15.3 Å². The predicted molar refractivity (Wildman–Crippen MR) is 121 cm³/mol. The zero-order valence-electron chi connectivity index (χ0n) is 17.6. The van der Waals surface area contributed by atoms with Crippen molar-refractivity contribution in [2.75, 3.05) is 5.32 Å². The fourth-order valence-corrected chi connectivity index (χ4v) is 4.43. The van der Waals surface area contributed by atoms with Crippen LogP contribution in [-0.2, 0) is 0 Å². The van der Waals surface area contributed by atoms with Gasteiger partial charge in [-0.25, -0.2) is 9.37 Å². The molecule has 162 valence electrons. The summed E-state index contributed by atoms with van der Waals surface area (Å²) in [6, 6.07) is 9.18. The van der Waals surface area contributed by atoms with Gasteiger partial charge in [0.15, 0.2) is 17.3 Å². The van der Waals surface area contributed by atoms with Crippen LogP contribution in [0.1, 0.15) is 54.6 Å². The number of fused-ring (bicyclic) bond motifs is 1. The number of aromatic nitrogens is 2. The largest absolute Gasteiger partial charge is 0.381 e. The van der Waals surface area contributed by atoms with Crippen molar-refractivity contribution in [2.45, 2.75) is 50.6 Å². The molecule has 2 heterocycles. The topological polar surface area (TPSA) is 105 Å². The predicted octanol–water partition coefficient (Wildman–Crippen LogP) is 4.58. The summed E-state index contributed by atoms with van der Waals surface area (Å²) in [5, 5.41) is 13.4. The Morgan fingerprint density at radius 2 is 1.84 bits per heavy atom. The number of nitrogens with zero attached hydrogens (tertiary/aromatic N) is 3. The van der Waals surface area contributed by atoms with E-state index in [9.17, 15) is 9.18 Å². The molecule has 6 nitrogen and oxygen atoms in total. The number of nitriles is 1. The third-order valence-corrected chi connectivity index (χ3v) is 6.48. The average molecular weight is 429 g/mol. The standard InChI is InChI=1S/C25H24FN5O/c26-21-10-16(12-29-23(21)11-27)15-3-8-22-19(9-15)24(31-18-6-4-17(28)5-7-18)20(13-30-22)25(32)14-1-2-14/h3,8-10,12-14,17-18H,1-2,4-7,28H2,(H,30,31). The SMILES string of the molecule is N#Cc1ncc(-c2ccc3ncc(C(=O)C4CC4)c(NC4CCC(N)CC4)c3c2)cc1F. The first-order chi connectivity index (χ1) is 15.5. The Balaban J connectivity index is 1.60. The van der Waals surface area contributed by atoms with Crippen molar-refractivity contribution in [3.05, 3.63) is 53.7 Å². The van der Waals surface area contributed by atoms with Gasteiger partial charge in [0.25, 0.3) is 0 Å². The lowest BCUT2D eigenvalue weighted by molar-refractivity contribution is 0.0968. The molecule has 5 rings (SSSR count). The van der Waals surface area contributed by atoms with E-state index >= 15 is 0 Å². The second-order valence-electron chi connectivity index (χ2n) is 8.84. The van der Waals surface area contributed by atoms with Crippen LogP contribution in [-0.4, -0.2) is 27.8 Å². The highest BCUT2D eigenvalue weighted by atomic mass is 19.1. The molecule has 2 aliphatic carbocycles. The van der Waals surface area contributed by atoms with E-state index in [1.807, 2.05) is 18.2 Å². The van der Waals surface area contributed by atoms with E-state index < -0.39 is 5.82 Å². The molecule has 3 aromatic rings. The van der Waals surface area contributed by atoms with E-state index in [0.29, 0.717) is 11.1 Å². The summed E-state index contributed by atoms with van der Waals surface area (Å²) in [6.45, 7) is 0. The van der Waals surface area contributed by atoms with Crippen LogP contribution in [0.4, 0.5) is 10.1 Å². The van der Waals surface area contributed by atoms with Crippen LogP contribution < -0.4 is 11.1 Å². The van der Waals surface area contributed by atoms with Gasteiger partial charge >= 0.3 is 0 Å². The molecule has 2 aromatic heterocycles. The van der Waals surface area contributed by atoms with Gasteiger partial charge in [-0.05, 0) is 62.3 Å². The normalized spacial score (nSPS) is 20.7. The van der Waals surface area contributed by atoms with Gasteiger partial charge in [0.05, 0.1) is 16.8 Å². The number of Topliss-reactive ketones (excluding diaryl/α,β-unsaturated/α-hetero) is 1. The third kappa shape index (κ3) is 3.94. The molecule has 0 unspecified atom stereocenters. The van der Waals surface area contributed by atoms with Crippen molar-refractivity contribution in [1.82, 2.24) is 9.97 Å². The van der Waals surface area contributed by atoms with Crippen molar-refractivity contribution in [3.63, 3.8) is 0 Å². The molecule has 0 amide bonds. The lowest BCUT2D eigenvalue weighted by atomic mass is 9.91. The number of rotatable bonds is 5. The van der Waals surface area contributed by atoms with Crippen molar-refractivity contribution >= 4 is 22.4 Å². The number of pyridine rings is 2. The van der Waals surface area contributed by atoms with Gasteiger partial charge in [-0.15, -0.1) is 0 Å². The third-order valence-electron chi connectivity index (χ3n) is 6.48. The van der Waals surface area contributed by atoms with Crippen molar-refractivity contribution in [3.8, 4) is 17.2 Å². The molecule has 0 bridgehead atoms. The molecule has 3 N–H and O–H groups in total. The molecular weight excluding hydrogens is 405 g/mol. The zero-order valence-corrected chi connectivity index (χ0v) is 17.6. The lowest BCUT2D eigenvalue weighted by Crippen LogP contribution is -2.33. The molecule has 2 aliphatic rings. The number of carbonyl (C=O) groups excluding carboxylic acids is 1. The maximum absolute atomic E-state index is 14.2. The van der Waals surface area contributed by atoms with Gasteiger partial charge in [-0.1, -0.05) is 6.07 Å². The second-order valence-corrected chi connectivity index (χ2v) is 8.84. The first-order valence-electron chi connectivity index (χ1n) is 11.1. The van der Waals surface area contributed by atoms with Crippen LogP contribution in [0.25, 0.3) is 22.0 Å². The number of hydrogen-bond donors (Lipinski definition) is 2. The minimum absolute atomic E-state index is 0.0783. The maximum Gasteiger partial charge on any atom is 0.176 e. The lowest BCUT2D eigenvalue weighted by Gasteiger charge is -2.29. The fourth-order valence-electron chi connectivity index (χ4n) is 4.43. The Morgan fingerprint density at radius 3 is 2.53 bits per heavy atom. The number of carbonyl (C=O) groups is 1. The van der Waals surface area contributed by atoms with Gasteiger partial charge in [0, 0.05) is 41.3 Å². The van der Waals surface area contributed by atoms with Crippen molar-refractivity contribution in [2.24, 2.45) is 11.7 Å². The van der Waals surface area contributed by atoms with Gasteiger partial charge in [-0.2, -0.15) is 5.26 Å². The Bertz CT molecular complexity index is 1240. The highest BCUT2D eigenvalue weighted by molar-refractivity contribution is 6.10. The number of anilines is 1. The fraction of sp³-hybridized carbons (Fsp3) is 0.360. The number of nitrogens with two attached hydrogens (primary N) is 1. The molecule has 0 atom stereocenters. The maximum atomic E-state index is 14.2. The molecule has 32 heavy (non-hydrogen) atoms. The van der Waals surface area contributed by atoms with Gasteiger partial charge in [0.2, 0.25) is 0 Å². The molecule has 0 saturated heterocycles. The van der Waals surface area contributed by atoms with Crippen LogP contribution in [0.15, 0.2) is 36.7 Å². The summed E-state index contributed by atoms with van der Waals surface area (Å²) >= 11 is 0.